The number of rotatable bonds is 2. The molecule has 8 heteroatoms. The van der Waals surface area contributed by atoms with Crippen molar-refractivity contribution in [1.29, 1.82) is 0 Å². The van der Waals surface area contributed by atoms with E-state index in [1.807, 2.05) is 13.8 Å². The standard InChI is InChI=1S/C15H20Cl2NO4P/c1-15(2)10-21-23(19,18-6-8-20-9-7-18)22-14(15)13-11(16)4-3-5-12(13)17/h3-5,14H,6-10H2,1-2H3/t14-,23?/m0/s1. The first-order chi connectivity index (χ1) is 10.8. The van der Waals surface area contributed by atoms with Gasteiger partial charge in [0, 0.05) is 21.0 Å². The van der Waals surface area contributed by atoms with Crippen LogP contribution in [-0.4, -0.2) is 37.6 Å². The minimum absolute atomic E-state index is 0.299. The van der Waals surface area contributed by atoms with Gasteiger partial charge in [-0.25, -0.2) is 0 Å². The molecule has 1 unspecified atom stereocenters. The second kappa shape index (κ2) is 6.74. The normalized spacial score (nSPS) is 32.0. The zero-order valence-corrected chi connectivity index (χ0v) is 15.5. The van der Waals surface area contributed by atoms with E-state index in [0.29, 0.717) is 48.5 Å². The van der Waals surface area contributed by atoms with E-state index < -0.39 is 19.6 Å². The van der Waals surface area contributed by atoms with Gasteiger partial charge in [0.25, 0.3) is 0 Å². The van der Waals surface area contributed by atoms with E-state index in [1.165, 1.54) is 0 Å². The molecule has 0 spiro atoms. The summed E-state index contributed by atoms with van der Waals surface area (Å²) in [5.74, 6) is 0. The molecule has 2 atom stereocenters. The largest absolute Gasteiger partial charge is 0.616 e. The van der Waals surface area contributed by atoms with Crippen LogP contribution >= 0.6 is 31.3 Å². The highest BCUT2D eigenvalue weighted by atomic mass is 35.5. The molecular formula is C15H20Cl2NO4P. The molecule has 23 heavy (non-hydrogen) atoms. The zero-order valence-electron chi connectivity index (χ0n) is 13.1. The molecule has 5 nitrogen and oxygen atoms in total. The van der Waals surface area contributed by atoms with Crippen LogP contribution < -0.4 is 4.89 Å². The lowest BCUT2D eigenvalue weighted by Crippen LogP contribution is -2.47. The molecule has 128 valence electrons. The Balaban J connectivity index is 1.93. The minimum atomic E-state index is -3.39. The van der Waals surface area contributed by atoms with Crippen molar-refractivity contribution in [3.8, 4) is 0 Å². The van der Waals surface area contributed by atoms with Crippen molar-refractivity contribution < 1.29 is 18.7 Å². The maximum absolute atomic E-state index is 13.2. The first kappa shape index (κ1) is 17.8. The summed E-state index contributed by atoms with van der Waals surface area (Å²) in [6.45, 7) is 6.32. The maximum Gasteiger partial charge on any atom is 0.315 e. The lowest BCUT2D eigenvalue weighted by atomic mass is 9.83. The van der Waals surface area contributed by atoms with Gasteiger partial charge < -0.3 is 9.63 Å². The summed E-state index contributed by atoms with van der Waals surface area (Å²) in [5.41, 5.74) is 0.257. The highest BCUT2D eigenvalue weighted by Gasteiger charge is 2.53. The number of hydrogen-bond acceptors (Lipinski definition) is 5. The van der Waals surface area contributed by atoms with Gasteiger partial charge in [-0.05, 0) is 12.1 Å². The molecule has 0 N–H and O–H groups in total. The quantitative estimate of drug-likeness (QED) is 0.736. The molecule has 2 heterocycles. The van der Waals surface area contributed by atoms with Crippen LogP contribution in [0.15, 0.2) is 18.2 Å². The zero-order chi connectivity index (χ0) is 16.7. The van der Waals surface area contributed by atoms with Crippen LogP contribution in [0.25, 0.3) is 0 Å². The Morgan fingerprint density at radius 3 is 2.43 bits per heavy atom. The molecule has 2 fully saturated rings. The molecule has 1 aromatic carbocycles. The van der Waals surface area contributed by atoms with Gasteiger partial charge in [-0.1, -0.05) is 43.1 Å². The third-order valence-corrected chi connectivity index (χ3v) is 6.83. The maximum atomic E-state index is 13.2. The predicted molar refractivity (Wildman–Crippen MR) is 89.3 cm³/mol. The Kier molecular flexibility index (Phi) is 5.23. The van der Waals surface area contributed by atoms with E-state index in [2.05, 4.69) is 0 Å². The summed E-state index contributed by atoms with van der Waals surface area (Å²) >= 11 is 12.7. The Hall–Kier alpha value is 0.0300. The van der Waals surface area contributed by atoms with Crippen molar-refractivity contribution in [3.63, 3.8) is 0 Å². The Morgan fingerprint density at radius 1 is 1.22 bits per heavy atom. The van der Waals surface area contributed by atoms with Crippen LogP contribution in [0.2, 0.25) is 10.0 Å². The summed E-state index contributed by atoms with van der Waals surface area (Å²) in [4.78, 5) is 13.2. The molecule has 2 aliphatic heterocycles. The highest BCUT2D eigenvalue weighted by molar-refractivity contribution is 7.56. The van der Waals surface area contributed by atoms with Crippen molar-refractivity contribution in [3.05, 3.63) is 33.8 Å². The van der Waals surface area contributed by atoms with Gasteiger partial charge in [0.15, 0.2) is 0 Å². The first-order valence-corrected chi connectivity index (χ1v) is 9.79. The van der Waals surface area contributed by atoms with Crippen LogP contribution in [0, 0.1) is 5.41 Å². The second-order valence-corrected chi connectivity index (χ2v) is 9.20. The van der Waals surface area contributed by atoms with E-state index in [1.54, 1.807) is 22.9 Å². The highest BCUT2D eigenvalue weighted by Crippen LogP contribution is 2.66. The van der Waals surface area contributed by atoms with Crippen LogP contribution in [0.5, 0.6) is 0 Å². The van der Waals surface area contributed by atoms with Gasteiger partial charge in [-0.2, -0.15) is 9.05 Å². The molecule has 0 aromatic heterocycles. The fourth-order valence-corrected chi connectivity index (χ4v) is 5.54. The summed E-state index contributed by atoms with van der Waals surface area (Å²) < 4.78 is 18.7. The Morgan fingerprint density at radius 2 is 1.83 bits per heavy atom. The molecule has 2 saturated heterocycles. The summed E-state index contributed by atoms with van der Waals surface area (Å²) in [7, 11) is -3.39. The molecule has 3 rings (SSSR count). The minimum Gasteiger partial charge on any atom is -0.616 e. The molecule has 1 aromatic rings. The topological polar surface area (TPSA) is 54.0 Å². The number of halogens is 2. The Labute approximate surface area is 147 Å². The van der Waals surface area contributed by atoms with E-state index in [9.17, 15) is 4.89 Å². The van der Waals surface area contributed by atoms with Gasteiger partial charge >= 0.3 is 8.09 Å². The number of benzene rings is 1. The monoisotopic (exact) mass is 379 g/mol. The molecule has 0 radical (unpaired) electrons. The number of ether oxygens (including phenoxy) is 1. The van der Waals surface area contributed by atoms with E-state index in [4.69, 9.17) is 37.0 Å². The van der Waals surface area contributed by atoms with Crippen LogP contribution in [0.1, 0.15) is 25.5 Å². The second-order valence-electron chi connectivity index (χ2n) is 6.42. The van der Waals surface area contributed by atoms with Gasteiger partial charge in [0.05, 0.1) is 26.3 Å². The van der Waals surface area contributed by atoms with Crippen molar-refractivity contribution in [2.24, 2.45) is 5.41 Å². The van der Waals surface area contributed by atoms with E-state index in [-0.39, 0.29) is 0 Å². The summed E-state index contributed by atoms with van der Waals surface area (Å²) in [6, 6.07) is 5.30. The summed E-state index contributed by atoms with van der Waals surface area (Å²) in [6.07, 6.45) is -0.508. The third kappa shape index (κ3) is 3.53. The van der Waals surface area contributed by atoms with Crippen molar-refractivity contribution in [1.82, 2.24) is 4.67 Å². The van der Waals surface area contributed by atoms with Gasteiger partial charge in [-0.3, -0.25) is 0 Å². The van der Waals surface area contributed by atoms with E-state index in [0.717, 1.165) is 0 Å². The van der Waals surface area contributed by atoms with Gasteiger partial charge in [0.2, 0.25) is 0 Å². The van der Waals surface area contributed by atoms with Crippen LogP contribution in [0.4, 0.5) is 0 Å². The van der Waals surface area contributed by atoms with Crippen LogP contribution in [0.3, 0.4) is 0 Å². The number of nitrogens with zero attached hydrogens (tertiary/aromatic N) is 1. The van der Waals surface area contributed by atoms with Gasteiger partial charge in [-0.15, -0.1) is 4.67 Å². The van der Waals surface area contributed by atoms with Crippen LogP contribution in [-0.2, 0) is 13.8 Å². The van der Waals surface area contributed by atoms with Crippen molar-refractivity contribution >= 4 is 31.3 Å². The molecule has 2 aliphatic rings. The Bertz CT molecular complexity index is 562. The molecule has 0 saturated carbocycles. The lowest BCUT2D eigenvalue weighted by molar-refractivity contribution is -0.262. The van der Waals surface area contributed by atoms with E-state index >= 15 is 0 Å². The predicted octanol–water partition coefficient (Wildman–Crippen LogP) is 3.48. The number of hydrogen-bond donors (Lipinski definition) is 0. The SMILES string of the molecule is CC1(C)CO[P+]([O-])(N2CCOCC2)O[C@H]1c1c(Cl)cccc1Cl. The van der Waals surface area contributed by atoms with Crippen molar-refractivity contribution in [2.45, 2.75) is 20.0 Å². The fourth-order valence-electron chi connectivity index (χ4n) is 2.78. The molecule has 0 bridgehead atoms. The van der Waals surface area contributed by atoms with Gasteiger partial charge in [0.1, 0.15) is 12.7 Å². The third-order valence-electron chi connectivity index (χ3n) is 4.14. The average molecular weight is 380 g/mol. The molecule has 0 amide bonds. The fraction of sp³-hybridized carbons (Fsp3) is 0.600. The smallest absolute Gasteiger partial charge is 0.315 e. The molecule has 0 aliphatic carbocycles. The average Bonchev–Trinajstić information content (AvgIpc) is 2.52. The number of morpholine rings is 1. The molecular weight excluding hydrogens is 360 g/mol. The first-order valence-electron chi connectivity index (χ1n) is 7.53. The van der Waals surface area contributed by atoms with Crippen molar-refractivity contribution in [2.75, 3.05) is 32.9 Å². The summed E-state index contributed by atoms with van der Waals surface area (Å²) in [5, 5.41) is 1.01. The lowest BCUT2D eigenvalue weighted by Gasteiger charge is -2.47.